The molecule has 1 N–H and O–H groups in total. The lowest BCUT2D eigenvalue weighted by molar-refractivity contribution is -0.141. The van der Waals surface area contributed by atoms with Gasteiger partial charge in [-0.15, -0.1) is 0 Å². The molecule has 8 heteroatoms. The molecule has 1 fully saturated rings. The SMILES string of the molecule is Cc1ccc(CN(C(=O)CCCN(c2cc(C)cc(C)c2)S(C)(=O)=O)[C@H](C)C(=O)NC2CCCC2)cc1. The van der Waals surface area contributed by atoms with Gasteiger partial charge in [-0.25, -0.2) is 8.42 Å². The molecule has 37 heavy (non-hydrogen) atoms. The molecule has 2 amide bonds. The van der Waals surface area contributed by atoms with Gasteiger partial charge in [0.2, 0.25) is 21.8 Å². The average Bonchev–Trinajstić information content (AvgIpc) is 3.32. The fraction of sp³-hybridized carbons (Fsp3) is 0.517. The van der Waals surface area contributed by atoms with Crippen molar-refractivity contribution >= 4 is 27.5 Å². The van der Waals surface area contributed by atoms with E-state index < -0.39 is 16.1 Å². The first-order valence-electron chi connectivity index (χ1n) is 13.2. The third-order valence-corrected chi connectivity index (χ3v) is 8.18. The highest BCUT2D eigenvalue weighted by Gasteiger charge is 2.28. The molecule has 0 unspecified atom stereocenters. The van der Waals surface area contributed by atoms with Crippen LogP contribution in [-0.2, 0) is 26.2 Å². The fourth-order valence-corrected chi connectivity index (χ4v) is 5.91. The highest BCUT2D eigenvalue weighted by molar-refractivity contribution is 7.92. The van der Waals surface area contributed by atoms with Crippen LogP contribution in [0.15, 0.2) is 42.5 Å². The number of aryl methyl sites for hydroxylation is 3. The molecule has 2 aromatic rings. The number of carbonyl (C=O) groups excluding carboxylic acids is 2. The van der Waals surface area contributed by atoms with Gasteiger partial charge in [0.25, 0.3) is 0 Å². The second-order valence-electron chi connectivity index (χ2n) is 10.5. The van der Waals surface area contributed by atoms with Gasteiger partial charge in [-0.05, 0) is 75.8 Å². The third kappa shape index (κ3) is 8.32. The Morgan fingerprint density at radius 1 is 0.973 bits per heavy atom. The van der Waals surface area contributed by atoms with Crippen LogP contribution in [0.1, 0.15) is 67.7 Å². The number of rotatable bonds is 11. The summed E-state index contributed by atoms with van der Waals surface area (Å²) < 4.78 is 26.5. The van der Waals surface area contributed by atoms with Crippen LogP contribution in [0.5, 0.6) is 0 Å². The molecule has 0 radical (unpaired) electrons. The quantitative estimate of drug-likeness (QED) is 0.461. The van der Waals surface area contributed by atoms with Gasteiger partial charge in [0, 0.05) is 25.6 Å². The number of hydrogen-bond acceptors (Lipinski definition) is 4. The number of carbonyl (C=O) groups is 2. The van der Waals surface area contributed by atoms with Crippen molar-refractivity contribution in [3.05, 3.63) is 64.7 Å². The zero-order valence-electron chi connectivity index (χ0n) is 22.8. The lowest BCUT2D eigenvalue weighted by atomic mass is 10.1. The predicted octanol–water partition coefficient (Wildman–Crippen LogP) is 4.63. The third-order valence-electron chi connectivity index (χ3n) is 6.99. The molecular formula is C29H41N3O4S. The zero-order chi connectivity index (χ0) is 27.2. The molecule has 0 saturated heterocycles. The number of amides is 2. The first-order valence-corrected chi connectivity index (χ1v) is 15.0. The molecule has 1 aliphatic carbocycles. The standard InChI is InChI=1S/C29H41N3O4S/c1-21-12-14-25(15-13-21)20-31(24(4)29(34)30-26-9-6-7-10-26)28(33)11-8-16-32(37(5,35)36)27-18-22(2)17-23(3)19-27/h12-15,17-19,24,26H,6-11,16,20H2,1-5H3,(H,30,34)/t24-/m1/s1. The normalized spacial score (nSPS) is 14.8. The summed E-state index contributed by atoms with van der Waals surface area (Å²) in [4.78, 5) is 28.1. The Bertz CT molecular complexity index is 1170. The van der Waals surface area contributed by atoms with Crippen LogP contribution >= 0.6 is 0 Å². The van der Waals surface area contributed by atoms with Crippen molar-refractivity contribution in [2.24, 2.45) is 0 Å². The zero-order valence-corrected chi connectivity index (χ0v) is 23.6. The molecule has 1 atom stereocenters. The first-order chi connectivity index (χ1) is 17.4. The van der Waals surface area contributed by atoms with Crippen molar-refractivity contribution in [1.29, 1.82) is 0 Å². The fourth-order valence-electron chi connectivity index (χ4n) is 4.96. The molecule has 0 heterocycles. The Morgan fingerprint density at radius 2 is 1.57 bits per heavy atom. The van der Waals surface area contributed by atoms with E-state index in [4.69, 9.17) is 0 Å². The van der Waals surface area contributed by atoms with Crippen LogP contribution in [0.4, 0.5) is 5.69 Å². The second kappa shape index (κ2) is 12.6. The van der Waals surface area contributed by atoms with Crippen LogP contribution in [0, 0.1) is 20.8 Å². The molecule has 0 spiro atoms. The maximum Gasteiger partial charge on any atom is 0.242 e. The molecule has 2 aromatic carbocycles. The number of nitrogens with one attached hydrogen (secondary N) is 1. The van der Waals surface area contributed by atoms with Crippen molar-refractivity contribution in [2.45, 2.75) is 84.8 Å². The molecule has 7 nitrogen and oxygen atoms in total. The largest absolute Gasteiger partial charge is 0.352 e. The van der Waals surface area contributed by atoms with Gasteiger partial charge in [0.1, 0.15) is 6.04 Å². The Hall–Kier alpha value is -2.87. The van der Waals surface area contributed by atoms with Crippen LogP contribution in [0.3, 0.4) is 0 Å². The summed E-state index contributed by atoms with van der Waals surface area (Å²) in [7, 11) is -3.52. The van der Waals surface area contributed by atoms with E-state index in [1.165, 1.54) is 10.6 Å². The van der Waals surface area contributed by atoms with Gasteiger partial charge >= 0.3 is 0 Å². The Kier molecular flexibility index (Phi) is 9.76. The van der Waals surface area contributed by atoms with Crippen LogP contribution in [-0.4, -0.2) is 50.0 Å². The minimum Gasteiger partial charge on any atom is -0.352 e. The van der Waals surface area contributed by atoms with Gasteiger partial charge < -0.3 is 10.2 Å². The first kappa shape index (κ1) is 28.7. The van der Waals surface area contributed by atoms with Gasteiger partial charge in [-0.2, -0.15) is 0 Å². The maximum absolute atomic E-state index is 13.5. The van der Waals surface area contributed by atoms with Crippen molar-refractivity contribution in [3.8, 4) is 0 Å². The van der Waals surface area contributed by atoms with E-state index in [0.717, 1.165) is 47.9 Å². The van der Waals surface area contributed by atoms with Crippen molar-refractivity contribution in [3.63, 3.8) is 0 Å². The predicted molar refractivity (Wildman–Crippen MR) is 149 cm³/mol. The number of benzene rings is 2. The maximum atomic E-state index is 13.5. The van der Waals surface area contributed by atoms with E-state index in [2.05, 4.69) is 5.32 Å². The smallest absolute Gasteiger partial charge is 0.242 e. The minimum absolute atomic E-state index is 0.139. The lowest BCUT2D eigenvalue weighted by Crippen LogP contribution is -2.49. The topological polar surface area (TPSA) is 86.8 Å². The van der Waals surface area contributed by atoms with Gasteiger partial charge in [0.05, 0.1) is 11.9 Å². The second-order valence-corrected chi connectivity index (χ2v) is 12.4. The Labute approximate surface area is 222 Å². The molecule has 202 valence electrons. The number of nitrogens with zero attached hydrogens (tertiary/aromatic N) is 2. The van der Waals surface area contributed by atoms with Crippen LogP contribution in [0.25, 0.3) is 0 Å². The lowest BCUT2D eigenvalue weighted by Gasteiger charge is -2.30. The molecule has 0 aromatic heterocycles. The van der Waals surface area contributed by atoms with Crippen LogP contribution < -0.4 is 9.62 Å². The summed E-state index contributed by atoms with van der Waals surface area (Å²) >= 11 is 0. The number of hydrogen-bond donors (Lipinski definition) is 1. The summed E-state index contributed by atoms with van der Waals surface area (Å²) in [6.45, 7) is 8.16. The number of sulfonamides is 1. The number of anilines is 1. The minimum atomic E-state index is -3.52. The van der Waals surface area contributed by atoms with E-state index >= 15 is 0 Å². The molecule has 0 aliphatic heterocycles. The van der Waals surface area contributed by atoms with E-state index in [0.29, 0.717) is 18.7 Å². The molecule has 1 aliphatic rings. The molecule has 3 rings (SSSR count). The highest BCUT2D eigenvalue weighted by Crippen LogP contribution is 2.23. The Morgan fingerprint density at radius 3 is 2.14 bits per heavy atom. The van der Waals surface area contributed by atoms with Gasteiger partial charge in [-0.3, -0.25) is 13.9 Å². The van der Waals surface area contributed by atoms with Gasteiger partial charge in [0.15, 0.2) is 0 Å². The van der Waals surface area contributed by atoms with Crippen molar-refractivity contribution in [1.82, 2.24) is 10.2 Å². The summed E-state index contributed by atoms with van der Waals surface area (Å²) in [6.07, 6.45) is 5.86. The average molecular weight is 528 g/mol. The van der Waals surface area contributed by atoms with Crippen molar-refractivity contribution in [2.75, 3.05) is 17.1 Å². The Balaban J connectivity index is 1.73. The van der Waals surface area contributed by atoms with E-state index in [-0.39, 0.29) is 30.8 Å². The summed E-state index contributed by atoms with van der Waals surface area (Å²) in [5.74, 6) is -0.302. The van der Waals surface area contributed by atoms with E-state index in [1.54, 1.807) is 11.8 Å². The van der Waals surface area contributed by atoms with Crippen molar-refractivity contribution < 1.29 is 18.0 Å². The summed E-state index contributed by atoms with van der Waals surface area (Å²) in [5.41, 5.74) is 4.64. The molecule has 0 bridgehead atoms. The monoisotopic (exact) mass is 527 g/mol. The van der Waals surface area contributed by atoms with E-state index in [1.807, 2.05) is 63.2 Å². The summed E-state index contributed by atoms with van der Waals surface area (Å²) in [6, 6.07) is 13.2. The molecule has 1 saturated carbocycles. The molecular weight excluding hydrogens is 486 g/mol. The van der Waals surface area contributed by atoms with Gasteiger partial charge in [-0.1, -0.05) is 48.7 Å². The summed E-state index contributed by atoms with van der Waals surface area (Å²) in [5, 5.41) is 3.11. The van der Waals surface area contributed by atoms with E-state index in [9.17, 15) is 18.0 Å². The highest BCUT2D eigenvalue weighted by atomic mass is 32.2. The van der Waals surface area contributed by atoms with Crippen LogP contribution in [0.2, 0.25) is 0 Å².